The van der Waals surface area contributed by atoms with Gasteiger partial charge in [0.1, 0.15) is 17.6 Å². The van der Waals surface area contributed by atoms with Gasteiger partial charge in [0.2, 0.25) is 0 Å². The van der Waals surface area contributed by atoms with E-state index in [2.05, 4.69) is 33.4 Å². The second kappa shape index (κ2) is 6.50. The lowest BCUT2D eigenvalue weighted by Gasteiger charge is -2.12. The lowest BCUT2D eigenvalue weighted by Crippen LogP contribution is -2.29. The number of ether oxygens (including phenoxy) is 2. The number of benzene rings is 2. The Kier molecular flexibility index (Phi) is 4.46. The molecule has 21 heavy (non-hydrogen) atoms. The van der Waals surface area contributed by atoms with Gasteiger partial charge in [-0.1, -0.05) is 28.1 Å². The van der Waals surface area contributed by atoms with Gasteiger partial charge in [0.05, 0.1) is 7.11 Å². The molecule has 1 atom stereocenters. The van der Waals surface area contributed by atoms with Crippen LogP contribution in [-0.2, 0) is 13.0 Å². The summed E-state index contributed by atoms with van der Waals surface area (Å²) in [5.41, 5.74) is 2.49. The van der Waals surface area contributed by atoms with E-state index in [-0.39, 0.29) is 6.10 Å². The molecule has 1 N–H and O–H groups in total. The largest absolute Gasteiger partial charge is 0.497 e. The molecule has 0 aromatic heterocycles. The Hall–Kier alpha value is -1.52. The fourth-order valence-corrected chi connectivity index (χ4v) is 2.97. The van der Waals surface area contributed by atoms with Gasteiger partial charge in [-0.2, -0.15) is 0 Å². The van der Waals surface area contributed by atoms with E-state index in [1.165, 1.54) is 11.1 Å². The van der Waals surface area contributed by atoms with Crippen molar-refractivity contribution in [2.45, 2.75) is 19.1 Å². The van der Waals surface area contributed by atoms with Gasteiger partial charge in [0, 0.05) is 24.0 Å². The molecule has 3 rings (SSSR count). The monoisotopic (exact) mass is 347 g/mol. The number of nitrogens with one attached hydrogen (secondary N) is 1. The first-order valence-electron chi connectivity index (χ1n) is 7.03. The minimum atomic E-state index is 0.208. The van der Waals surface area contributed by atoms with Gasteiger partial charge >= 0.3 is 0 Å². The van der Waals surface area contributed by atoms with Crippen LogP contribution in [0.4, 0.5) is 0 Å². The zero-order valence-electron chi connectivity index (χ0n) is 11.9. The fraction of sp³-hybridized carbons (Fsp3) is 0.294. The van der Waals surface area contributed by atoms with E-state index in [0.717, 1.165) is 35.5 Å². The summed E-state index contributed by atoms with van der Waals surface area (Å²) >= 11 is 3.50. The van der Waals surface area contributed by atoms with Gasteiger partial charge in [-0.3, -0.25) is 0 Å². The van der Waals surface area contributed by atoms with Crippen LogP contribution >= 0.6 is 15.9 Å². The molecule has 0 aliphatic carbocycles. The molecular weight excluding hydrogens is 330 g/mol. The third-order valence-corrected chi connectivity index (χ3v) is 4.09. The number of halogens is 1. The van der Waals surface area contributed by atoms with E-state index in [1.54, 1.807) is 7.11 Å². The topological polar surface area (TPSA) is 30.5 Å². The molecule has 1 heterocycles. The molecule has 0 saturated heterocycles. The molecule has 2 aromatic rings. The third-order valence-electron chi connectivity index (χ3n) is 3.60. The smallest absolute Gasteiger partial charge is 0.123 e. The Balaban J connectivity index is 1.51. The molecule has 4 heteroatoms. The first kappa shape index (κ1) is 14.4. The Morgan fingerprint density at radius 3 is 3.05 bits per heavy atom. The number of fused-ring (bicyclic) bond motifs is 1. The van der Waals surface area contributed by atoms with Crippen LogP contribution < -0.4 is 14.8 Å². The second-order valence-corrected chi connectivity index (χ2v) is 6.09. The van der Waals surface area contributed by atoms with Crippen LogP contribution in [0.15, 0.2) is 46.9 Å². The van der Waals surface area contributed by atoms with Crippen LogP contribution in [0.5, 0.6) is 11.5 Å². The normalized spacial score (nSPS) is 16.4. The fourth-order valence-electron chi connectivity index (χ4n) is 2.56. The standard InChI is InChI=1S/C17H18BrNO2/c1-20-15-4-2-3-12(7-15)10-19-11-16-9-13-8-14(18)5-6-17(13)21-16/h2-8,16,19H,9-11H2,1H3. The molecule has 0 amide bonds. The van der Waals surface area contributed by atoms with Gasteiger partial charge < -0.3 is 14.8 Å². The van der Waals surface area contributed by atoms with Crippen LogP contribution in [-0.4, -0.2) is 19.8 Å². The van der Waals surface area contributed by atoms with Gasteiger partial charge in [0.15, 0.2) is 0 Å². The van der Waals surface area contributed by atoms with Crippen molar-refractivity contribution in [3.8, 4) is 11.5 Å². The lowest BCUT2D eigenvalue weighted by atomic mass is 10.1. The Labute approximate surface area is 133 Å². The van der Waals surface area contributed by atoms with E-state index >= 15 is 0 Å². The van der Waals surface area contributed by atoms with Crippen molar-refractivity contribution in [2.24, 2.45) is 0 Å². The maximum atomic E-state index is 5.94. The maximum Gasteiger partial charge on any atom is 0.123 e. The van der Waals surface area contributed by atoms with E-state index in [9.17, 15) is 0 Å². The quantitative estimate of drug-likeness (QED) is 0.897. The SMILES string of the molecule is COc1cccc(CNCC2Cc3cc(Br)ccc3O2)c1. The molecule has 2 aromatic carbocycles. The summed E-state index contributed by atoms with van der Waals surface area (Å²) in [6.45, 7) is 1.65. The van der Waals surface area contributed by atoms with E-state index in [1.807, 2.05) is 30.3 Å². The highest BCUT2D eigenvalue weighted by Gasteiger charge is 2.22. The Morgan fingerprint density at radius 2 is 2.19 bits per heavy atom. The molecule has 1 unspecified atom stereocenters. The van der Waals surface area contributed by atoms with Crippen LogP contribution in [0, 0.1) is 0 Å². The molecule has 0 fully saturated rings. The second-order valence-electron chi connectivity index (χ2n) is 5.18. The van der Waals surface area contributed by atoms with Crippen LogP contribution in [0.1, 0.15) is 11.1 Å². The van der Waals surface area contributed by atoms with Crippen molar-refractivity contribution in [2.75, 3.05) is 13.7 Å². The van der Waals surface area contributed by atoms with Crippen molar-refractivity contribution in [3.05, 3.63) is 58.1 Å². The summed E-state index contributed by atoms with van der Waals surface area (Å²) in [6.07, 6.45) is 1.17. The van der Waals surface area contributed by atoms with E-state index in [4.69, 9.17) is 9.47 Å². The van der Waals surface area contributed by atoms with Crippen molar-refractivity contribution in [1.82, 2.24) is 5.32 Å². The molecule has 0 radical (unpaired) electrons. The zero-order valence-corrected chi connectivity index (χ0v) is 13.5. The minimum absolute atomic E-state index is 0.208. The summed E-state index contributed by atoms with van der Waals surface area (Å²) in [4.78, 5) is 0. The molecular formula is C17H18BrNO2. The van der Waals surface area contributed by atoms with Gasteiger partial charge in [-0.15, -0.1) is 0 Å². The van der Waals surface area contributed by atoms with Crippen molar-refractivity contribution < 1.29 is 9.47 Å². The number of methoxy groups -OCH3 is 1. The molecule has 0 spiro atoms. The average molecular weight is 348 g/mol. The molecule has 1 aliphatic rings. The van der Waals surface area contributed by atoms with Crippen molar-refractivity contribution in [1.29, 1.82) is 0 Å². The van der Waals surface area contributed by atoms with Gasteiger partial charge in [0.25, 0.3) is 0 Å². The number of rotatable bonds is 5. The van der Waals surface area contributed by atoms with E-state index in [0.29, 0.717) is 0 Å². The molecule has 0 saturated carbocycles. The highest BCUT2D eigenvalue weighted by atomic mass is 79.9. The Morgan fingerprint density at radius 1 is 1.29 bits per heavy atom. The maximum absolute atomic E-state index is 5.94. The number of hydrogen-bond donors (Lipinski definition) is 1. The highest BCUT2D eigenvalue weighted by Crippen LogP contribution is 2.30. The summed E-state index contributed by atoms with van der Waals surface area (Å²) in [7, 11) is 1.69. The predicted molar refractivity (Wildman–Crippen MR) is 87.0 cm³/mol. The summed E-state index contributed by atoms with van der Waals surface area (Å²) in [6, 6.07) is 14.3. The highest BCUT2D eigenvalue weighted by molar-refractivity contribution is 9.10. The van der Waals surface area contributed by atoms with Crippen LogP contribution in [0.3, 0.4) is 0 Å². The summed E-state index contributed by atoms with van der Waals surface area (Å²) in [5.74, 6) is 1.90. The zero-order chi connectivity index (χ0) is 14.7. The first-order valence-corrected chi connectivity index (χ1v) is 7.82. The third kappa shape index (κ3) is 3.57. The average Bonchev–Trinajstić information content (AvgIpc) is 2.89. The summed E-state index contributed by atoms with van der Waals surface area (Å²) in [5, 5.41) is 3.45. The molecule has 110 valence electrons. The molecule has 1 aliphatic heterocycles. The minimum Gasteiger partial charge on any atom is -0.497 e. The first-order chi connectivity index (χ1) is 10.2. The number of hydrogen-bond acceptors (Lipinski definition) is 3. The lowest BCUT2D eigenvalue weighted by molar-refractivity contribution is 0.227. The van der Waals surface area contributed by atoms with Crippen molar-refractivity contribution in [3.63, 3.8) is 0 Å². The van der Waals surface area contributed by atoms with Crippen molar-refractivity contribution >= 4 is 15.9 Å². The van der Waals surface area contributed by atoms with Crippen LogP contribution in [0.2, 0.25) is 0 Å². The Bertz CT molecular complexity index is 630. The van der Waals surface area contributed by atoms with Gasteiger partial charge in [-0.25, -0.2) is 0 Å². The molecule has 3 nitrogen and oxygen atoms in total. The van der Waals surface area contributed by atoms with Crippen LogP contribution in [0.25, 0.3) is 0 Å². The van der Waals surface area contributed by atoms with E-state index < -0.39 is 0 Å². The van der Waals surface area contributed by atoms with Gasteiger partial charge in [-0.05, 0) is 41.5 Å². The predicted octanol–water partition coefficient (Wildman–Crippen LogP) is 3.55. The molecule has 0 bridgehead atoms. The summed E-state index contributed by atoms with van der Waals surface area (Å²) < 4.78 is 12.3.